The molecule has 1 saturated heterocycles. The topological polar surface area (TPSA) is 49.4 Å². The van der Waals surface area contributed by atoms with Gasteiger partial charge in [-0.2, -0.15) is 0 Å². The fraction of sp³-hybridized carbons (Fsp3) is 0.364. The maximum atomic E-state index is 12.4. The summed E-state index contributed by atoms with van der Waals surface area (Å²) in [5, 5.41) is 2.73. The van der Waals surface area contributed by atoms with E-state index in [0.29, 0.717) is 24.7 Å². The zero-order valence-electron chi connectivity index (χ0n) is 15.5. The standard InChI is InChI=1S/C22H26N2O2/c1-16-8-9-20(14-17(16)2)23-21(25)22(26)24-12-10-19(11-13-24)15-18-6-4-3-5-7-18/h3-9,14,19H,10-13,15H2,1-2H3,(H,23,25). The molecule has 0 atom stereocenters. The Morgan fingerprint density at radius 3 is 2.35 bits per heavy atom. The van der Waals surface area contributed by atoms with Crippen LogP contribution in [-0.2, 0) is 16.0 Å². The summed E-state index contributed by atoms with van der Waals surface area (Å²) in [6.07, 6.45) is 2.92. The lowest BCUT2D eigenvalue weighted by Gasteiger charge is -2.31. The number of likely N-dealkylation sites (tertiary alicyclic amines) is 1. The molecule has 0 spiro atoms. The lowest BCUT2D eigenvalue weighted by atomic mass is 9.90. The van der Waals surface area contributed by atoms with Gasteiger partial charge in [0.15, 0.2) is 0 Å². The van der Waals surface area contributed by atoms with E-state index in [-0.39, 0.29) is 0 Å². The van der Waals surface area contributed by atoms with Crippen molar-refractivity contribution in [3.63, 3.8) is 0 Å². The van der Waals surface area contributed by atoms with Crippen LogP contribution in [0.4, 0.5) is 5.69 Å². The van der Waals surface area contributed by atoms with E-state index in [2.05, 4.69) is 29.6 Å². The molecule has 2 amide bonds. The van der Waals surface area contributed by atoms with Crippen LogP contribution in [0.15, 0.2) is 48.5 Å². The molecule has 1 aliphatic rings. The number of aryl methyl sites for hydroxylation is 2. The largest absolute Gasteiger partial charge is 0.334 e. The highest BCUT2D eigenvalue weighted by Crippen LogP contribution is 2.22. The van der Waals surface area contributed by atoms with Crippen molar-refractivity contribution < 1.29 is 9.59 Å². The van der Waals surface area contributed by atoms with Gasteiger partial charge in [-0.3, -0.25) is 9.59 Å². The van der Waals surface area contributed by atoms with Crippen molar-refractivity contribution in [2.24, 2.45) is 5.92 Å². The maximum Gasteiger partial charge on any atom is 0.313 e. The Bertz CT molecular complexity index is 778. The van der Waals surface area contributed by atoms with E-state index in [1.807, 2.05) is 38.1 Å². The number of nitrogens with one attached hydrogen (secondary N) is 1. The summed E-state index contributed by atoms with van der Waals surface area (Å²) < 4.78 is 0. The third kappa shape index (κ3) is 4.51. The summed E-state index contributed by atoms with van der Waals surface area (Å²) in [5.74, 6) is -0.402. The normalized spacial score (nSPS) is 14.9. The van der Waals surface area contributed by atoms with Gasteiger partial charge >= 0.3 is 11.8 Å². The zero-order chi connectivity index (χ0) is 18.5. The second-order valence-electron chi connectivity index (χ2n) is 7.18. The second-order valence-corrected chi connectivity index (χ2v) is 7.18. The average Bonchev–Trinajstić information content (AvgIpc) is 2.65. The van der Waals surface area contributed by atoms with Crippen LogP contribution in [0.5, 0.6) is 0 Å². The van der Waals surface area contributed by atoms with Crippen LogP contribution < -0.4 is 5.32 Å². The van der Waals surface area contributed by atoms with Crippen molar-refractivity contribution in [3.8, 4) is 0 Å². The molecule has 0 aliphatic carbocycles. The molecule has 2 aromatic carbocycles. The first-order valence-corrected chi connectivity index (χ1v) is 9.24. The third-order valence-corrected chi connectivity index (χ3v) is 5.23. The van der Waals surface area contributed by atoms with E-state index in [1.165, 1.54) is 5.56 Å². The fourth-order valence-corrected chi connectivity index (χ4v) is 3.43. The highest BCUT2D eigenvalue weighted by atomic mass is 16.2. The molecule has 0 unspecified atom stereocenters. The molecule has 3 rings (SSSR count). The van der Waals surface area contributed by atoms with Crippen LogP contribution in [0.2, 0.25) is 0 Å². The molecule has 0 saturated carbocycles. The van der Waals surface area contributed by atoms with Crippen molar-refractivity contribution in [1.29, 1.82) is 0 Å². The first-order valence-electron chi connectivity index (χ1n) is 9.24. The van der Waals surface area contributed by atoms with E-state index in [4.69, 9.17) is 0 Å². The number of rotatable bonds is 3. The summed E-state index contributed by atoms with van der Waals surface area (Å²) in [6.45, 7) is 5.31. The number of hydrogen-bond acceptors (Lipinski definition) is 2. The lowest BCUT2D eigenvalue weighted by molar-refractivity contribution is -0.144. The fourth-order valence-electron chi connectivity index (χ4n) is 3.43. The predicted octanol–water partition coefficient (Wildman–Crippen LogP) is 3.72. The Morgan fingerprint density at radius 1 is 1.00 bits per heavy atom. The van der Waals surface area contributed by atoms with Gasteiger partial charge < -0.3 is 10.2 Å². The SMILES string of the molecule is Cc1ccc(NC(=O)C(=O)N2CCC(Cc3ccccc3)CC2)cc1C. The van der Waals surface area contributed by atoms with Crippen LogP contribution in [0.25, 0.3) is 0 Å². The van der Waals surface area contributed by atoms with Crippen LogP contribution in [-0.4, -0.2) is 29.8 Å². The number of carbonyl (C=O) groups excluding carboxylic acids is 2. The zero-order valence-corrected chi connectivity index (χ0v) is 15.5. The van der Waals surface area contributed by atoms with Gasteiger partial charge in [-0.15, -0.1) is 0 Å². The van der Waals surface area contributed by atoms with Gasteiger partial charge in [0.05, 0.1) is 0 Å². The molecule has 4 nitrogen and oxygen atoms in total. The summed E-state index contributed by atoms with van der Waals surface area (Å²) >= 11 is 0. The molecule has 0 bridgehead atoms. The Kier molecular flexibility index (Phi) is 5.71. The van der Waals surface area contributed by atoms with Crippen molar-refractivity contribution in [3.05, 3.63) is 65.2 Å². The van der Waals surface area contributed by atoms with Crippen LogP contribution in [0.3, 0.4) is 0 Å². The second kappa shape index (κ2) is 8.17. The molecule has 2 aromatic rings. The molecule has 0 aromatic heterocycles. The van der Waals surface area contributed by atoms with Crippen LogP contribution in [0.1, 0.15) is 29.5 Å². The monoisotopic (exact) mass is 350 g/mol. The minimum Gasteiger partial charge on any atom is -0.334 e. The molecule has 1 heterocycles. The van der Waals surface area contributed by atoms with Crippen molar-refractivity contribution in [2.75, 3.05) is 18.4 Å². The van der Waals surface area contributed by atoms with Gasteiger partial charge in [-0.1, -0.05) is 36.4 Å². The molecule has 136 valence electrons. The molecular weight excluding hydrogens is 324 g/mol. The molecular formula is C22H26N2O2. The quantitative estimate of drug-likeness (QED) is 0.858. The van der Waals surface area contributed by atoms with Gasteiger partial charge in [-0.25, -0.2) is 0 Å². The Hall–Kier alpha value is -2.62. The van der Waals surface area contributed by atoms with Crippen LogP contribution >= 0.6 is 0 Å². The number of benzene rings is 2. The first-order chi connectivity index (χ1) is 12.5. The minimum absolute atomic E-state index is 0.429. The van der Waals surface area contributed by atoms with Gasteiger partial charge in [0.2, 0.25) is 0 Å². The molecule has 1 fully saturated rings. The smallest absolute Gasteiger partial charge is 0.313 e. The highest BCUT2D eigenvalue weighted by molar-refractivity contribution is 6.39. The summed E-state index contributed by atoms with van der Waals surface area (Å²) in [4.78, 5) is 26.4. The van der Waals surface area contributed by atoms with E-state index in [9.17, 15) is 9.59 Å². The van der Waals surface area contributed by atoms with Gasteiger partial charge in [-0.05, 0) is 67.9 Å². The minimum atomic E-state index is -0.547. The van der Waals surface area contributed by atoms with Gasteiger partial charge in [0.25, 0.3) is 0 Å². The molecule has 26 heavy (non-hydrogen) atoms. The number of nitrogens with zero attached hydrogens (tertiary/aromatic N) is 1. The Balaban J connectivity index is 1.51. The van der Waals surface area contributed by atoms with Crippen molar-refractivity contribution in [2.45, 2.75) is 33.1 Å². The number of carbonyl (C=O) groups is 2. The van der Waals surface area contributed by atoms with Crippen molar-refractivity contribution >= 4 is 17.5 Å². The van der Waals surface area contributed by atoms with Crippen molar-refractivity contribution in [1.82, 2.24) is 4.90 Å². The lowest BCUT2D eigenvalue weighted by Crippen LogP contribution is -2.44. The molecule has 1 N–H and O–H groups in total. The molecule has 1 aliphatic heterocycles. The Morgan fingerprint density at radius 2 is 1.69 bits per heavy atom. The third-order valence-electron chi connectivity index (χ3n) is 5.23. The molecule has 0 radical (unpaired) electrons. The van der Waals surface area contributed by atoms with E-state index < -0.39 is 11.8 Å². The van der Waals surface area contributed by atoms with E-state index >= 15 is 0 Å². The van der Waals surface area contributed by atoms with Crippen LogP contribution in [0, 0.1) is 19.8 Å². The summed E-state index contributed by atoms with van der Waals surface area (Å²) in [7, 11) is 0. The van der Waals surface area contributed by atoms with E-state index in [1.54, 1.807) is 4.90 Å². The van der Waals surface area contributed by atoms with E-state index in [0.717, 1.165) is 30.4 Å². The number of hydrogen-bond donors (Lipinski definition) is 1. The first kappa shape index (κ1) is 18.2. The average molecular weight is 350 g/mol. The number of anilines is 1. The Labute approximate surface area is 155 Å². The predicted molar refractivity (Wildman–Crippen MR) is 104 cm³/mol. The number of piperidine rings is 1. The number of amides is 2. The maximum absolute atomic E-state index is 12.4. The molecule has 4 heteroatoms. The highest BCUT2D eigenvalue weighted by Gasteiger charge is 2.27. The van der Waals surface area contributed by atoms with Gasteiger partial charge in [0, 0.05) is 18.8 Å². The van der Waals surface area contributed by atoms with Gasteiger partial charge in [0.1, 0.15) is 0 Å². The summed E-state index contributed by atoms with van der Waals surface area (Å²) in [5.41, 5.74) is 4.27. The summed E-state index contributed by atoms with van der Waals surface area (Å²) in [6, 6.07) is 16.1.